The van der Waals surface area contributed by atoms with E-state index in [0.717, 1.165) is 16.7 Å². The Morgan fingerprint density at radius 2 is 1.59 bits per heavy atom. The lowest BCUT2D eigenvalue weighted by molar-refractivity contribution is -0.111. The van der Waals surface area contributed by atoms with E-state index in [1.165, 1.54) is 5.56 Å². The van der Waals surface area contributed by atoms with Crippen LogP contribution in [0.4, 0.5) is 0 Å². The van der Waals surface area contributed by atoms with E-state index in [4.69, 9.17) is 50.3 Å². The van der Waals surface area contributed by atoms with Crippen molar-refractivity contribution < 1.29 is 14.5 Å². The second-order valence-electron chi connectivity index (χ2n) is 6.46. The number of halogens is 3. The maximum absolute atomic E-state index is 9.72. The minimum absolute atomic E-state index is 0.144. The van der Waals surface area contributed by atoms with Crippen LogP contribution in [-0.4, -0.2) is 38.2 Å². The number of nitrogens with two attached hydrogens (primary N) is 1. The van der Waals surface area contributed by atoms with Gasteiger partial charge in [0.2, 0.25) is 17.0 Å². The molecular formula is C22H25Cl3N4O3. The molecule has 0 saturated heterocycles. The van der Waals surface area contributed by atoms with Crippen LogP contribution in [0.5, 0.6) is 0 Å². The number of nitrogens with zero attached hydrogens (tertiary/aromatic N) is 3. The van der Waals surface area contributed by atoms with Gasteiger partial charge in [0, 0.05) is 35.7 Å². The van der Waals surface area contributed by atoms with E-state index in [1.807, 2.05) is 62.4 Å². The average molecular weight is 500 g/mol. The van der Waals surface area contributed by atoms with Crippen LogP contribution in [0.3, 0.4) is 0 Å². The van der Waals surface area contributed by atoms with Crippen LogP contribution >= 0.6 is 34.8 Å². The van der Waals surface area contributed by atoms with Gasteiger partial charge in [-0.25, -0.2) is 0 Å². The number of amidine groups is 1. The van der Waals surface area contributed by atoms with Crippen molar-refractivity contribution >= 4 is 45.9 Å². The summed E-state index contributed by atoms with van der Waals surface area (Å²) in [6, 6.07) is 15.4. The lowest BCUT2D eigenvalue weighted by Crippen LogP contribution is -2.12. The molecule has 3 aromatic rings. The molecule has 0 atom stereocenters. The first-order chi connectivity index (χ1) is 15.3. The summed E-state index contributed by atoms with van der Waals surface area (Å²) in [7, 11) is 0. The molecule has 0 bridgehead atoms. The molecule has 0 unspecified atom stereocenters. The SMILES string of the molecule is Cc1ccc(-c2noc(CCCl)n2)cc1.Cc1ccc(/C(N)=N\O)cc1.O=C(Cl)CCCl. The Morgan fingerprint density at radius 1 is 1.03 bits per heavy atom. The van der Waals surface area contributed by atoms with Crippen molar-refractivity contribution in [2.75, 3.05) is 11.8 Å². The predicted octanol–water partition coefficient (Wildman–Crippen LogP) is 5.30. The fourth-order valence-electron chi connectivity index (χ4n) is 2.11. The lowest BCUT2D eigenvalue weighted by atomic mass is 10.1. The fourth-order valence-corrected chi connectivity index (χ4v) is 2.64. The van der Waals surface area contributed by atoms with Gasteiger partial charge in [-0.2, -0.15) is 4.98 Å². The van der Waals surface area contributed by atoms with Crippen molar-refractivity contribution in [2.24, 2.45) is 10.9 Å². The monoisotopic (exact) mass is 498 g/mol. The largest absolute Gasteiger partial charge is 0.409 e. The summed E-state index contributed by atoms with van der Waals surface area (Å²) in [6.45, 7) is 4.02. The highest BCUT2D eigenvalue weighted by Crippen LogP contribution is 2.16. The smallest absolute Gasteiger partial charge is 0.228 e. The van der Waals surface area contributed by atoms with Gasteiger partial charge in [-0.15, -0.1) is 23.2 Å². The third-order valence-corrected chi connectivity index (χ3v) is 4.40. The number of benzene rings is 2. The molecule has 1 heterocycles. The minimum atomic E-state index is -0.370. The minimum Gasteiger partial charge on any atom is -0.409 e. The third-order valence-electron chi connectivity index (χ3n) is 3.83. The van der Waals surface area contributed by atoms with Gasteiger partial charge in [-0.3, -0.25) is 4.79 Å². The van der Waals surface area contributed by atoms with Gasteiger partial charge in [0.05, 0.1) is 0 Å². The van der Waals surface area contributed by atoms with Gasteiger partial charge in [0.1, 0.15) is 0 Å². The molecule has 0 amide bonds. The molecule has 0 aliphatic rings. The molecule has 0 saturated carbocycles. The summed E-state index contributed by atoms with van der Waals surface area (Å²) in [6.07, 6.45) is 0.879. The van der Waals surface area contributed by atoms with Crippen LogP contribution in [0.1, 0.15) is 29.0 Å². The van der Waals surface area contributed by atoms with E-state index >= 15 is 0 Å². The summed E-state index contributed by atoms with van der Waals surface area (Å²) in [5, 5.41) is 14.7. The highest BCUT2D eigenvalue weighted by Gasteiger charge is 2.07. The summed E-state index contributed by atoms with van der Waals surface area (Å²) in [5.41, 5.74) is 9.41. The van der Waals surface area contributed by atoms with Crippen LogP contribution < -0.4 is 5.73 Å². The molecule has 172 valence electrons. The Morgan fingerprint density at radius 3 is 2.03 bits per heavy atom. The van der Waals surface area contributed by atoms with E-state index < -0.39 is 0 Å². The Hall–Kier alpha value is -2.61. The standard InChI is InChI=1S/C11H11ClN2O.C8H10N2O.C3H4Cl2O/c1-8-2-4-9(5-3-8)11-13-10(6-7-12)15-14-11;1-6-2-4-7(5-3-6)8(9)10-11;4-2-1-3(5)6/h2-5H,6-7H2,1H3;2-5,11H,1H3,(H2,9,10);1-2H2. The maximum atomic E-state index is 9.72. The van der Waals surface area contributed by atoms with Gasteiger partial charge in [-0.05, 0) is 25.4 Å². The van der Waals surface area contributed by atoms with Crippen LogP contribution in [0, 0.1) is 13.8 Å². The zero-order chi connectivity index (χ0) is 23.9. The van der Waals surface area contributed by atoms with E-state index in [9.17, 15) is 4.79 Å². The quantitative estimate of drug-likeness (QED) is 0.119. The van der Waals surface area contributed by atoms with E-state index in [1.54, 1.807) is 0 Å². The average Bonchev–Trinajstić information content (AvgIpc) is 3.24. The molecule has 2 aromatic carbocycles. The van der Waals surface area contributed by atoms with Crippen LogP contribution in [0.25, 0.3) is 11.4 Å². The molecule has 0 aliphatic carbocycles. The van der Waals surface area contributed by atoms with Crippen molar-refractivity contribution in [1.82, 2.24) is 10.1 Å². The first-order valence-electron chi connectivity index (χ1n) is 9.55. The van der Waals surface area contributed by atoms with E-state index in [0.29, 0.717) is 29.9 Å². The number of carbonyl (C=O) groups is 1. The van der Waals surface area contributed by atoms with Gasteiger partial charge in [0.25, 0.3) is 0 Å². The first kappa shape index (κ1) is 27.4. The molecule has 3 N–H and O–H groups in total. The topological polar surface area (TPSA) is 115 Å². The van der Waals surface area contributed by atoms with Crippen molar-refractivity contribution in [1.29, 1.82) is 0 Å². The molecule has 32 heavy (non-hydrogen) atoms. The lowest BCUT2D eigenvalue weighted by Gasteiger charge is -1.97. The number of rotatable bonds is 6. The number of aromatic nitrogens is 2. The van der Waals surface area contributed by atoms with Gasteiger partial charge < -0.3 is 15.5 Å². The van der Waals surface area contributed by atoms with Crippen molar-refractivity contribution in [3.8, 4) is 11.4 Å². The van der Waals surface area contributed by atoms with Gasteiger partial charge >= 0.3 is 0 Å². The molecule has 7 nitrogen and oxygen atoms in total. The summed E-state index contributed by atoms with van der Waals surface area (Å²) >= 11 is 15.5. The van der Waals surface area contributed by atoms with Crippen LogP contribution in [-0.2, 0) is 11.2 Å². The normalized spacial score (nSPS) is 10.5. The van der Waals surface area contributed by atoms with Crippen molar-refractivity contribution in [2.45, 2.75) is 26.7 Å². The van der Waals surface area contributed by atoms with Gasteiger partial charge in [-0.1, -0.05) is 70.0 Å². The number of hydrogen-bond acceptors (Lipinski definition) is 6. The summed E-state index contributed by atoms with van der Waals surface area (Å²) < 4.78 is 5.04. The maximum Gasteiger partial charge on any atom is 0.228 e. The van der Waals surface area contributed by atoms with E-state index in [2.05, 4.69) is 15.3 Å². The second kappa shape index (κ2) is 15.2. The molecule has 1 aromatic heterocycles. The third kappa shape index (κ3) is 10.6. The Labute approximate surface area is 202 Å². The number of hydrogen-bond donors (Lipinski definition) is 2. The molecule has 3 rings (SSSR count). The number of oxime groups is 1. The predicted molar refractivity (Wildman–Crippen MR) is 129 cm³/mol. The Kier molecular flexibility index (Phi) is 13.1. The highest BCUT2D eigenvalue weighted by molar-refractivity contribution is 6.63. The molecule has 0 radical (unpaired) electrons. The molecule has 0 fully saturated rings. The van der Waals surface area contributed by atoms with Gasteiger partial charge in [0.15, 0.2) is 5.84 Å². The number of alkyl halides is 2. The van der Waals surface area contributed by atoms with Crippen LogP contribution in [0.15, 0.2) is 58.2 Å². The fraction of sp³-hybridized carbons (Fsp3) is 0.273. The van der Waals surface area contributed by atoms with Crippen molar-refractivity contribution in [3.63, 3.8) is 0 Å². The zero-order valence-electron chi connectivity index (χ0n) is 17.8. The van der Waals surface area contributed by atoms with Crippen molar-refractivity contribution in [3.05, 3.63) is 71.1 Å². The zero-order valence-corrected chi connectivity index (χ0v) is 20.0. The highest BCUT2D eigenvalue weighted by atomic mass is 35.5. The van der Waals surface area contributed by atoms with E-state index in [-0.39, 0.29) is 17.5 Å². The number of aryl methyl sites for hydroxylation is 3. The molecular weight excluding hydrogens is 475 g/mol. The Balaban J connectivity index is 0.000000265. The number of carbonyl (C=O) groups excluding carboxylic acids is 1. The summed E-state index contributed by atoms with van der Waals surface area (Å²) in [4.78, 5) is 14.0. The molecule has 0 aliphatic heterocycles. The van der Waals surface area contributed by atoms with Crippen LogP contribution in [0.2, 0.25) is 0 Å². The summed E-state index contributed by atoms with van der Waals surface area (Å²) in [5.74, 6) is 2.17. The molecule has 0 spiro atoms. The second-order valence-corrected chi connectivity index (χ2v) is 7.64. The molecule has 10 heteroatoms. The first-order valence-corrected chi connectivity index (χ1v) is 11.0. The Bertz CT molecular complexity index is 975.